The van der Waals surface area contributed by atoms with E-state index in [9.17, 15) is 9.59 Å². The monoisotopic (exact) mass is 477 g/mol. The van der Waals surface area contributed by atoms with Crippen molar-refractivity contribution in [1.29, 1.82) is 0 Å². The van der Waals surface area contributed by atoms with Gasteiger partial charge >= 0.3 is 0 Å². The van der Waals surface area contributed by atoms with Gasteiger partial charge in [0.25, 0.3) is 0 Å². The lowest BCUT2D eigenvalue weighted by Crippen LogP contribution is -2.50. The van der Waals surface area contributed by atoms with Crippen molar-refractivity contribution in [2.45, 2.75) is 17.7 Å². The lowest BCUT2D eigenvalue weighted by atomic mass is 9.54. The fourth-order valence-corrected chi connectivity index (χ4v) is 6.59. The standard InChI is InChI=1S/C25H17BrClNO2/c1-13-10-11-14(12-19(13)26)28-23(29)21-20-15-6-2-4-8-17(15)25(27,22(21)24(28)30)18-9-5-3-7-16(18)20/h2-12,20-22H,1H3/t20?,21-,22-,25?/m1/s1. The molecule has 1 heterocycles. The zero-order chi connectivity index (χ0) is 20.8. The van der Waals surface area contributed by atoms with Crippen LogP contribution in [0.5, 0.6) is 0 Å². The Bertz CT molecular complexity index is 1220. The van der Waals surface area contributed by atoms with E-state index < -0.39 is 16.7 Å². The lowest BCUT2D eigenvalue weighted by Gasteiger charge is -2.50. The topological polar surface area (TPSA) is 37.4 Å². The molecule has 3 aliphatic carbocycles. The second-order valence-electron chi connectivity index (χ2n) is 8.31. The van der Waals surface area contributed by atoms with Crippen LogP contribution in [-0.2, 0) is 14.5 Å². The van der Waals surface area contributed by atoms with Crippen LogP contribution in [0.4, 0.5) is 5.69 Å². The number of imide groups is 1. The maximum atomic E-state index is 13.8. The third-order valence-corrected chi connectivity index (χ3v) is 8.42. The number of nitrogens with zero attached hydrogens (tertiary/aromatic N) is 1. The van der Waals surface area contributed by atoms with Crippen molar-refractivity contribution < 1.29 is 9.59 Å². The van der Waals surface area contributed by atoms with Crippen molar-refractivity contribution in [2.24, 2.45) is 11.8 Å². The summed E-state index contributed by atoms with van der Waals surface area (Å²) in [6.45, 7) is 1.97. The molecule has 3 nitrogen and oxygen atoms in total. The predicted octanol–water partition coefficient (Wildman–Crippen LogP) is 5.50. The van der Waals surface area contributed by atoms with Gasteiger partial charge in [-0.3, -0.25) is 9.59 Å². The summed E-state index contributed by atoms with van der Waals surface area (Å²) in [4.78, 5) is 27.8. The van der Waals surface area contributed by atoms with E-state index in [1.165, 1.54) is 4.90 Å². The molecule has 4 aliphatic rings. The molecule has 0 saturated carbocycles. The summed E-state index contributed by atoms with van der Waals surface area (Å²) >= 11 is 10.9. The highest BCUT2D eigenvalue weighted by Gasteiger charge is 2.67. The molecule has 30 heavy (non-hydrogen) atoms. The van der Waals surface area contributed by atoms with Crippen LogP contribution in [0.2, 0.25) is 0 Å². The van der Waals surface area contributed by atoms with Crippen LogP contribution >= 0.6 is 27.5 Å². The molecule has 3 aromatic rings. The maximum absolute atomic E-state index is 13.8. The van der Waals surface area contributed by atoms with E-state index in [2.05, 4.69) is 15.9 Å². The van der Waals surface area contributed by atoms with E-state index in [4.69, 9.17) is 11.6 Å². The Morgan fingerprint density at radius 2 is 1.50 bits per heavy atom. The Balaban J connectivity index is 1.60. The Labute approximate surface area is 187 Å². The first-order chi connectivity index (χ1) is 14.4. The van der Waals surface area contributed by atoms with Crippen molar-refractivity contribution in [3.63, 3.8) is 0 Å². The lowest BCUT2D eigenvalue weighted by molar-refractivity contribution is -0.122. The smallest absolute Gasteiger partial charge is 0.240 e. The van der Waals surface area contributed by atoms with Gasteiger partial charge in [0.1, 0.15) is 4.87 Å². The zero-order valence-corrected chi connectivity index (χ0v) is 18.4. The summed E-state index contributed by atoms with van der Waals surface area (Å²) in [7, 11) is 0. The molecular weight excluding hydrogens is 462 g/mol. The normalized spacial score (nSPS) is 28.4. The molecule has 2 amide bonds. The third-order valence-electron chi connectivity index (χ3n) is 6.93. The van der Waals surface area contributed by atoms with Gasteiger partial charge in [0.15, 0.2) is 0 Å². The molecule has 3 aromatic carbocycles. The van der Waals surface area contributed by atoms with Crippen LogP contribution in [0.1, 0.15) is 33.7 Å². The van der Waals surface area contributed by atoms with Gasteiger partial charge in [0, 0.05) is 10.4 Å². The van der Waals surface area contributed by atoms with Gasteiger partial charge in [-0.15, -0.1) is 11.6 Å². The Morgan fingerprint density at radius 3 is 2.10 bits per heavy atom. The second kappa shape index (κ2) is 6.05. The number of benzene rings is 3. The number of rotatable bonds is 1. The van der Waals surface area contributed by atoms with Gasteiger partial charge in [-0.25, -0.2) is 4.90 Å². The summed E-state index contributed by atoms with van der Waals surface area (Å²) < 4.78 is 0.866. The highest BCUT2D eigenvalue weighted by atomic mass is 79.9. The van der Waals surface area contributed by atoms with Crippen molar-refractivity contribution in [2.75, 3.05) is 4.90 Å². The number of anilines is 1. The average Bonchev–Trinajstić information content (AvgIpc) is 3.02. The molecule has 1 saturated heterocycles. The molecule has 0 unspecified atom stereocenters. The number of aryl methyl sites for hydroxylation is 1. The molecule has 2 bridgehead atoms. The Kier molecular flexibility index (Phi) is 3.70. The summed E-state index contributed by atoms with van der Waals surface area (Å²) in [5.74, 6) is -1.68. The number of hydrogen-bond acceptors (Lipinski definition) is 2. The van der Waals surface area contributed by atoms with Crippen LogP contribution in [0.25, 0.3) is 0 Å². The quantitative estimate of drug-likeness (QED) is 0.342. The van der Waals surface area contributed by atoms with E-state index in [0.29, 0.717) is 5.69 Å². The van der Waals surface area contributed by atoms with E-state index >= 15 is 0 Å². The van der Waals surface area contributed by atoms with Crippen LogP contribution in [0, 0.1) is 18.8 Å². The molecular formula is C25H17BrClNO2. The number of carbonyl (C=O) groups is 2. The van der Waals surface area contributed by atoms with Gasteiger partial charge < -0.3 is 0 Å². The molecule has 5 heteroatoms. The minimum absolute atomic E-state index is 0.167. The first-order valence-electron chi connectivity index (χ1n) is 9.96. The summed E-state index contributed by atoms with van der Waals surface area (Å²) in [5.41, 5.74) is 5.64. The molecule has 2 atom stereocenters. The molecule has 148 valence electrons. The molecule has 0 spiro atoms. The van der Waals surface area contributed by atoms with Gasteiger partial charge in [0.05, 0.1) is 17.5 Å². The van der Waals surface area contributed by atoms with Crippen molar-refractivity contribution in [1.82, 2.24) is 0 Å². The van der Waals surface area contributed by atoms with E-state index in [-0.39, 0.29) is 17.7 Å². The molecule has 0 radical (unpaired) electrons. The van der Waals surface area contributed by atoms with Crippen LogP contribution < -0.4 is 4.90 Å². The maximum Gasteiger partial charge on any atom is 0.240 e. The van der Waals surface area contributed by atoms with Gasteiger partial charge in [-0.2, -0.15) is 0 Å². The largest absolute Gasteiger partial charge is 0.274 e. The number of alkyl halides is 1. The van der Waals surface area contributed by atoms with Gasteiger partial charge in [0.2, 0.25) is 11.8 Å². The second-order valence-corrected chi connectivity index (χ2v) is 9.76. The molecule has 0 aromatic heterocycles. The predicted molar refractivity (Wildman–Crippen MR) is 120 cm³/mol. The molecule has 7 rings (SSSR count). The minimum Gasteiger partial charge on any atom is -0.274 e. The highest BCUT2D eigenvalue weighted by Crippen LogP contribution is 2.65. The average molecular weight is 479 g/mol. The van der Waals surface area contributed by atoms with Crippen molar-refractivity contribution in [3.8, 4) is 0 Å². The fourth-order valence-electron chi connectivity index (χ4n) is 5.65. The van der Waals surface area contributed by atoms with Gasteiger partial charge in [-0.05, 0) is 46.9 Å². The molecule has 0 N–H and O–H groups in total. The van der Waals surface area contributed by atoms with E-state index in [1.807, 2.05) is 73.7 Å². The first kappa shape index (κ1) is 18.3. The Hall–Kier alpha value is -2.43. The number of amides is 2. The number of carbonyl (C=O) groups excluding carboxylic acids is 2. The molecule has 1 fully saturated rings. The first-order valence-corrected chi connectivity index (χ1v) is 11.1. The Morgan fingerprint density at radius 1 is 0.900 bits per heavy atom. The van der Waals surface area contributed by atoms with E-state index in [0.717, 1.165) is 32.3 Å². The highest BCUT2D eigenvalue weighted by molar-refractivity contribution is 9.10. The summed E-state index contributed by atoms with van der Waals surface area (Å²) in [6.07, 6.45) is 0. The minimum atomic E-state index is -1.05. The summed E-state index contributed by atoms with van der Waals surface area (Å²) in [5, 5.41) is 0. The van der Waals surface area contributed by atoms with Crippen molar-refractivity contribution in [3.05, 3.63) is 99.0 Å². The van der Waals surface area contributed by atoms with E-state index in [1.54, 1.807) is 0 Å². The van der Waals surface area contributed by atoms with Crippen LogP contribution in [0.15, 0.2) is 71.2 Å². The van der Waals surface area contributed by atoms with Crippen LogP contribution in [0.3, 0.4) is 0 Å². The summed E-state index contributed by atoms with van der Waals surface area (Å²) in [6, 6.07) is 21.6. The zero-order valence-electron chi connectivity index (χ0n) is 16.1. The molecule has 1 aliphatic heterocycles. The SMILES string of the molecule is Cc1ccc(N2C(=O)[C@@H]3C4c5ccccc5C(Cl)(c5ccccc54)[C@H]3C2=O)cc1Br. The fraction of sp³-hybridized carbons (Fsp3) is 0.200. The van der Waals surface area contributed by atoms with Gasteiger partial charge in [-0.1, -0.05) is 70.5 Å². The number of halogens is 2. The number of hydrogen-bond donors (Lipinski definition) is 0. The third kappa shape index (κ3) is 2.06. The van der Waals surface area contributed by atoms with Crippen molar-refractivity contribution >= 4 is 45.0 Å². The van der Waals surface area contributed by atoms with Crippen LogP contribution in [-0.4, -0.2) is 11.8 Å².